The highest BCUT2D eigenvalue weighted by atomic mass is 32.2. The lowest BCUT2D eigenvalue weighted by Gasteiger charge is -2.49. The van der Waals surface area contributed by atoms with Crippen LogP contribution in [0.15, 0.2) is 89.1 Å². The number of carbonyl (C=O) groups is 4. The molecule has 13 heteroatoms. The van der Waals surface area contributed by atoms with Gasteiger partial charge in [-0.05, 0) is 56.0 Å². The van der Waals surface area contributed by atoms with E-state index in [1.54, 1.807) is 26.8 Å². The summed E-state index contributed by atoms with van der Waals surface area (Å²) >= 11 is 2.85. The zero-order valence-electron chi connectivity index (χ0n) is 25.0. The van der Waals surface area contributed by atoms with Crippen LogP contribution in [0.1, 0.15) is 54.9 Å². The Labute approximate surface area is 269 Å². The molecule has 0 aliphatic carbocycles. The number of benzene rings is 2. The molecule has 0 radical (unpaired) electrons. The molecule has 5 rings (SSSR count). The fraction of sp³-hybridized carbons (Fsp3) is 0.312. The molecule has 2 aromatic carbocycles. The minimum absolute atomic E-state index is 0.0686. The van der Waals surface area contributed by atoms with E-state index in [0.717, 1.165) is 16.7 Å². The normalized spacial score (nSPS) is 17.8. The molecule has 0 saturated carbocycles. The molecule has 3 aromatic rings. The Morgan fingerprint density at radius 1 is 1.02 bits per heavy atom. The molecular formula is C32H33N5O6S2. The summed E-state index contributed by atoms with van der Waals surface area (Å²) in [5.74, 6) is -0.750. The maximum absolute atomic E-state index is 14.1. The third-order valence-electron chi connectivity index (χ3n) is 6.89. The topological polar surface area (TPSA) is 154 Å². The third-order valence-corrected chi connectivity index (χ3v) is 9.15. The van der Waals surface area contributed by atoms with Crippen LogP contribution in [0.5, 0.6) is 0 Å². The summed E-state index contributed by atoms with van der Waals surface area (Å²) in [6.07, 6.45) is -0.959. The Hall–Kier alpha value is -4.36. The smallest absolute Gasteiger partial charge is 0.408 e. The molecule has 0 bridgehead atoms. The van der Waals surface area contributed by atoms with Gasteiger partial charge in [0.15, 0.2) is 11.8 Å². The number of carbonyl (C=O) groups excluding carboxylic acids is 4. The maximum atomic E-state index is 14.1. The van der Waals surface area contributed by atoms with Gasteiger partial charge < -0.3 is 20.5 Å². The maximum Gasteiger partial charge on any atom is 0.408 e. The van der Waals surface area contributed by atoms with Gasteiger partial charge in [-0.3, -0.25) is 14.5 Å². The first-order chi connectivity index (χ1) is 21.5. The molecule has 3 N–H and O–H groups in total. The van der Waals surface area contributed by atoms with Gasteiger partial charge in [-0.15, -0.1) is 33.7 Å². The number of thioether (sulfide) groups is 2. The quantitative estimate of drug-likeness (QED) is 0.183. The summed E-state index contributed by atoms with van der Waals surface area (Å²) in [4.78, 5) is 52.8. The van der Waals surface area contributed by atoms with E-state index in [2.05, 4.69) is 15.5 Å². The lowest BCUT2D eigenvalue weighted by molar-refractivity contribution is -0.153. The highest BCUT2D eigenvalue weighted by Crippen LogP contribution is 2.43. The number of aromatic nitrogens is 2. The van der Waals surface area contributed by atoms with Crippen molar-refractivity contribution in [1.82, 2.24) is 20.4 Å². The number of amides is 3. The highest BCUT2D eigenvalue weighted by Gasteiger charge is 2.55. The van der Waals surface area contributed by atoms with E-state index in [1.165, 1.54) is 34.5 Å². The van der Waals surface area contributed by atoms with Crippen molar-refractivity contribution < 1.29 is 28.7 Å². The number of rotatable bonds is 10. The number of β-lactam (4-membered cyclic amide) rings is 1. The van der Waals surface area contributed by atoms with Crippen LogP contribution in [0.4, 0.5) is 4.79 Å². The number of ether oxygens (including phenoxy) is 2. The van der Waals surface area contributed by atoms with E-state index >= 15 is 0 Å². The number of nitrogens with two attached hydrogens (primary N) is 1. The first-order valence-corrected chi connectivity index (χ1v) is 16.3. The molecule has 1 fully saturated rings. The van der Waals surface area contributed by atoms with Crippen LogP contribution in [0.25, 0.3) is 0 Å². The lowest BCUT2D eigenvalue weighted by atomic mass is 10.00. The standard InChI is InChI=1S/C32H33N5O6S2/c1-32(2,3)43-31(41)34-24-28(39)37-25(30(40)42-26(19-10-6-4-7-11-19)20-12-8-5-9-13-20)21(18-45-29(24)37)16-17-44-23-15-14-22(27(33)38)35-36-23/h4-15,24,26,29H,16-18H2,1-3H3,(H2,33,38)(H,34,41)/t24-,29-/m1/s1. The summed E-state index contributed by atoms with van der Waals surface area (Å²) < 4.78 is 11.6. The number of nitrogens with zero attached hydrogens (tertiary/aromatic N) is 3. The molecule has 2 aliphatic heterocycles. The van der Waals surface area contributed by atoms with Crippen molar-refractivity contribution in [2.45, 2.75) is 55.3 Å². The number of fused-ring (bicyclic) bond motifs is 1. The van der Waals surface area contributed by atoms with Gasteiger partial charge in [0.05, 0.1) is 0 Å². The third kappa shape index (κ3) is 7.66. The minimum Gasteiger partial charge on any atom is -0.448 e. The Balaban J connectivity index is 1.40. The van der Waals surface area contributed by atoms with E-state index in [-0.39, 0.29) is 11.4 Å². The van der Waals surface area contributed by atoms with Gasteiger partial charge in [0.25, 0.3) is 11.8 Å². The Morgan fingerprint density at radius 3 is 2.22 bits per heavy atom. The largest absolute Gasteiger partial charge is 0.448 e. The van der Waals surface area contributed by atoms with Crippen LogP contribution >= 0.6 is 23.5 Å². The summed E-state index contributed by atoms with van der Waals surface area (Å²) in [7, 11) is 0. The number of hydrogen-bond acceptors (Lipinski definition) is 10. The second kappa shape index (κ2) is 13.7. The van der Waals surface area contributed by atoms with Gasteiger partial charge in [-0.2, -0.15) is 0 Å². The number of esters is 1. The van der Waals surface area contributed by atoms with E-state index in [1.807, 2.05) is 60.7 Å². The molecule has 2 aliphatic rings. The van der Waals surface area contributed by atoms with Gasteiger partial charge in [0, 0.05) is 11.5 Å². The number of primary amides is 1. The van der Waals surface area contributed by atoms with Crippen molar-refractivity contribution >= 4 is 47.4 Å². The monoisotopic (exact) mass is 647 g/mol. The summed E-state index contributed by atoms with van der Waals surface area (Å²) in [5.41, 5.74) is 7.08. The van der Waals surface area contributed by atoms with Crippen molar-refractivity contribution in [3.63, 3.8) is 0 Å². The van der Waals surface area contributed by atoms with Crippen molar-refractivity contribution in [3.05, 3.63) is 101 Å². The molecule has 234 valence electrons. The molecular weight excluding hydrogens is 615 g/mol. The Morgan fingerprint density at radius 2 is 1.67 bits per heavy atom. The number of hydrogen-bond donors (Lipinski definition) is 2. The van der Waals surface area contributed by atoms with Crippen LogP contribution in [0.3, 0.4) is 0 Å². The highest BCUT2D eigenvalue weighted by molar-refractivity contribution is 8.00. The van der Waals surface area contributed by atoms with E-state index < -0.39 is 47.0 Å². The summed E-state index contributed by atoms with van der Waals surface area (Å²) in [5, 5.41) is 10.6. The Kier molecular flexibility index (Phi) is 9.78. The fourth-order valence-corrected chi connectivity index (χ4v) is 7.06. The molecule has 11 nitrogen and oxygen atoms in total. The molecule has 3 amide bonds. The first-order valence-electron chi connectivity index (χ1n) is 14.3. The predicted octanol–water partition coefficient (Wildman–Crippen LogP) is 4.45. The molecule has 1 saturated heterocycles. The Bertz CT molecular complexity index is 1560. The van der Waals surface area contributed by atoms with Gasteiger partial charge in [0.1, 0.15) is 27.7 Å². The summed E-state index contributed by atoms with van der Waals surface area (Å²) in [6.45, 7) is 5.22. The second-order valence-corrected chi connectivity index (χ2v) is 13.5. The van der Waals surface area contributed by atoms with Crippen LogP contribution < -0.4 is 11.1 Å². The van der Waals surface area contributed by atoms with Gasteiger partial charge in [-0.25, -0.2) is 9.59 Å². The molecule has 45 heavy (non-hydrogen) atoms. The SMILES string of the molecule is CC(C)(C)OC(=O)N[C@@H]1C(=O)N2C(C(=O)OC(c3ccccc3)c3ccccc3)=C(CCSc3ccc(C(N)=O)nn3)CS[C@H]12. The summed E-state index contributed by atoms with van der Waals surface area (Å²) in [6, 6.07) is 21.1. The number of nitrogens with one attached hydrogen (secondary N) is 1. The van der Waals surface area contributed by atoms with Crippen LogP contribution in [0, 0.1) is 0 Å². The fourth-order valence-electron chi connectivity index (χ4n) is 4.85. The van der Waals surface area contributed by atoms with Crippen LogP contribution in [-0.4, -0.2) is 67.5 Å². The van der Waals surface area contributed by atoms with Gasteiger partial charge >= 0.3 is 12.1 Å². The molecule has 1 aromatic heterocycles. The van der Waals surface area contributed by atoms with E-state index in [0.29, 0.717) is 23.0 Å². The van der Waals surface area contributed by atoms with E-state index in [4.69, 9.17) is 15.2 Å². The van der Waals surface area contributed by atoms with Gasteiger partial charge in [0.2, 0.25) is 0 Å². The first kappa shape index (κ1) is 32.0. The van der Waals surface area contributed by atoms with Crippen molar-refractivity contribution in [2.75, 3.05) is 11.5 Å². The van der Waals surface area contributed by atoms with Gasteiger partial charge in [-0.1, -0.05) is 60.7 Å². The van der Waals surface area contributed by atoms with E-state index in [9.17, 15) is 19.2 Å². The number of alkyl carbamates (subject to hydrolysis) is 1. The zero-order valence-corrected chi connectivity index (χ0v) is 26.6. The van der Waals surface area contributed by atoms with Crippen molar-refractivity contribution in [2.24, 2.45) is 5.73 Å². The average Bonchev–Trinajstić information content (AvgIpc) is 3.02. The molecule has 3 heterocycles. The lowest BCUT2D eigenvalue weighted by Crippen LogP contribution is -2.70. The molecule has 0 spiro atoms. The average molecular weight is 648 g/mol. The zero-order chi connectivity index (χ0) is 32.1. The van der Waals surface area contributed by atoms with Crippen molar-refractivity contribution in [3.8, 4) is 0 Å². The minimum atomic E-state index is -0.846. The predicted molar refractivity (Wildman–Crippen MR) is 170 cm³/mol. The molecule has 2 atom stereocenters. The van der Waals surface area contributed by atoms with Crippen molar-refractivity contribution in [1.29, 1.82) is 0 Å². The van der Waals surface area contributed by atoms with Crippen LogP contribution in [-0.2, 0) is 19.1 Å². The van der Waals surface area contributed by atoms with Crippen LogP contribution in [0.2, 0.25) is 0 Å². The molecule has 0 unspecified atom stereocenters. The second-order valence-electron chi connectivity index (χ2n) is 11.3.